The quantitative estimate of drug-likeness (QED) is 0.882. The fourth-order valence-corrected chi connectivity index (χ4v) is 2.90. The average molecular weight is 288 g/mol. The van der Waals surface area contributed by atoms with Crippen LogP contribution in [0.5, 0.6) is 0 Å². The number of hydrogen-bond acceptors (Lipinski definition) is 4. The summed E-state index contributed by atoms with van der Waals surface area (Å²) in [4.78, 5) is 12.2. The van der Waals surface area contributed by atoms with Gasteiger partial charge in [-0.3, -0.25) is 4.79 Å². The van der Waals surface area contributed by atoms with Gasteiger partial charge in [-0.05, 0) is 31.5 Å². The predicted octanol–water partition coefficient (Wildman–Crippen LogP) is 1.93. The number of benzene rings is 1. The van der Waals surface area contributed by atoms with Crippen molar-refractivity contribution in [1.29, 1.82) is 0 Å². The van der Waals surface area contributed by atoms with Gasteiger partial charge in [0.1, 0.15) is 5.58 Å². The van der Waals surface area contributed by atoms with E-state index >= 15 is 0 Å². The number of ether oxygens (including phenoxy) is 1. The van der Waals surface area contributed by atoms with Gasteiger partial charge in [0.05, 0.1) is 12.1 Å². The minimum atomic E-state index is -0.185. The molecule has 1 fully saturated rings. The number of para-hydroxylation sites is 1. The molecule has 0 spiro atoms. The zero-order chi connectivity index (χ0) is 14.7. The van der Waals surface area contributed by atoms with Gasteiger partial charge < -0.3 is 19.8 Å². The number of hydrogen-bond donors (Lipinski definition) is 2. The largest absolute Gasteiger partial charge is 0.451 e. The lowest BCUT2D eigenvalue weighted by Crippen LogP contribution is -2.52. The van der Waals surface area contributed by atoms with Crippen LogP contribution in [0.15, 0.2) is 34.7 Å². The zero-order valence-electron chi connectivity index (χ0n) is 12.1. The van der Waals surface area contributed by atoms with Crippen LogP contribution in [0.1, 0.15) is 23.4 Å². The summed E-state index contributed by atoms with van der Waals surface area (Å²) in [6.45, 7) is 2.09. The Balaban J connectivity index is 1.68. The van der Waals surface area contributed by atoms with Crippen LogP contribution in [0.4, 0.5) is 0 Å². The van der Waals surface area contributed by atoms with E-state index in [1.54, 1.807) is 13.2 Å². The summed E-state index contributed by atoms with van der Waals surface area (Å²) in [5.74, 6) is 0.164. The van der Waals surface area contributed by atoms with E-state index in [1.807, 2.05) is 24.3 Å². The number of nitrogens with one attached hydrogen (secondary N) is 2. The third kappa shape index (κ3) is 2.94. The predicted molar refractivity (Wildman–Crippen MR) is 80.4 cm³/mol. The van der Waals surface area contributed by atoms with Gasteiger partial charge in [0.2, 0.25) is 0 Å². The summed E-state index contributed by atoms with van der Waals surface area (Å²) in [6.07, 6.45) is 2.10. The molecule has 1 aromatic heterocycles. The molecule has 1 unspecified atom stereocenters. The SMILES string of the molecule is COCC1(CNC(=O)c2cc3ccccc3o2)CCCN1. The van der Waals surface area contributed by atoms with Crippen molar-refractivity contribution in [3.63, 3.8) is 0 Å². The molecule has 1 aromatic carbocycles. The van der Waals surface area contributed by atoms with E-state index in [4.69, 9.17) is 9.15 Å². The number of carbonyl (C=O) groups excluding carboxylic acids is 1. The van der Waals surface area contributed by atoms with Gasteiger partial charge in [-0.2, -0.15) is 0 Å². The molecule has 1 saturated heterocycles. The van der Waals surface area contributed by atoms with Crippen LogP contribution >= 0.6 is 0 Å². The number of methoxy groups -OCH3 is 1. The van der Waals surface area contributed by atoms with Gasteiger partial charge >= 0.3 is 0 Å². The number of rotatable bonds is 5. The fraction of sp³-hybridized carbons (Fsp3) is 0.438. The third-order valence-electron chi connectivity index (χ3n) is 3.99. The Morgan fingerprint density at radius 3 is 3.05 bits per heavy atom. The molecule has 2 heterocycles. The molecule has 1 atom stereocenters. The maximum absolute atomic E-state index is 12.2. The number of carbonyl (C=O) groups is 1. The Morgan fingerprint density at radius 2 is 2.33 bits per heavy atom. The van der Waals surface area contributed by atoms with Gasteiger partial charge in [-0.15, -0.1) is 0 Å². The monoisotopic (exact) mass is 288 g/mol. The topological polar surface area (TPSA) is 63.5 Å². The fourth-order valence-electron chi connectivity index (χ4n) is 2.90. The molecule has 1 aliphatic rings. The zero-order valence-corrected chi connectivity index (χ0v) is 12.1. The second-order valence-electron chi connectivity index (χ2n) is 5.57. The first-order valence-corrected chi connectivity index (χ1v) is 7.23. The summed E-state index contributed by atoms with van der Waals surface area (Å²) >= 11 is 0. The van der Waals surface area contributed by atoms with Crippen LogP contribution < -0.4 is 10.6 Å². The van der Waals surface area contributed by atoms with Crippen molar-refractivity contribution in [1.82, 2.24) is 10.6 Å². The molecule has 21 heavy (non-hydrogen) atoms. The molecule has 0 saturated carbocycles. The Hall–Kier alpha value is -1.85. The van der Waals surface area contributed by atoms with Crippen molar-refractivity contribution < 1.29 is 13.9 Å². The number of fused-ring (bicyclic) bond motifs is 1. The minimum absolute atomic E-state index is 0.156. The second kappa shape index (κ2) is 5.87. The van der Waals surface area contributed by atoms with Crippen molar-refractivity contribution in [2.45, 2.75) is 18.4 Å². The van der Waals surface area contributed by atoms with Crippen molar-refractivity contribution in [3.05, 3.63) is 36.1 Å². The van der Waals surface area contributed by atoms with Crippen molar-refractivity contribution >= 4 is 16.9 Å². The minimum Gasteiger partial charge on any atom is -0.451 e. The molecule has 0 radical (unpaired) electrons. The van der Waals surface area contributed by atoms with Gasteiger partial charge in [-0.25, -0.2) is 0 Å². The van der Waals surface area contributed by atoms with E-state index in [0.29, 0.717) is 18.9 Å². The van der Waals surface area contributed by atoms with Crippen LogP contribution in [0.25, 0.3) is 11.0 Å². The van der Waals surface area contributed by atoms with Crippen LogP contribution in [0, 0.1) is 0 Å². The third-order valence-corrected chi connectivity index (χ3v) is 3.99. The summed E-state index contributed by atoms with van der Waals surface area (Å²) in [5.41, 5.74) is 0.574. The smallest absolute Gasteiger partial charge is 0.287 e. The maximum Gasteiger partial charge on any atom is 0.287 e. The van der Waals surface area contributed by atoms with E-state index in [2.05, 4.69) is 10.6 Å². The first kappa shape index (κ1) is 14.1. The normalized spacial score (nSPS) is 21.8. The highest BCUT2D eigenvalue weighted by Gasteiger charge is 2.34. The van der Waals surface area contributed by atoms with Gasteiger partial charge in [0.25, 0.3) is 5.91 Å². The van der Waals surface area contributed by atoms with Gasteiger partial charge in [-0.1, -0.05) is 18.2 Å². The van der Waals surface area contributed by atoms with E-state index < -0.39 is 0 Å². The highest BCUT2D eigenvalue weighted by Crippen LogP contribution is 2.21. The maximum atomic E-state index is 12.2. The van der Waals surface area contributed by atoms with E-state index in [9.17, 15) is 4.79 Å². The lowest BCUT2D eigenvalue weighted by molar-refractivity contribution is 0.0869. The summed E-state index contributed by atoms with van der Waals surface area (Å²) < 4.78 is 10.9. The van der Waals surface area contributed by atoms with Crippen LogP contribution in [0.3, 0.4) is 0 Å². The molecule has 2 aromatic rings. The Morgan fingerprint density at radius 1 is 1.48 bits per heavy atom. The molecule has 2 N–H and O–H groups in total. The summed E-state index contributed by atoms with van der Waals surface area (Å²) in [6, 6.07) is 9.38. The molecule has 5 heteroatoms. The standard InChI is InChI=1S/C16H20N2O3/c1-20-11-16(7-4-8-18-16)10-17-15(19)14-9-12-5-2-3-6-13(12)21-14/h2-3,5-6,9,18H,4,7-8,10-11H2,1H3,(H,17,19). The lowest BCUT2D eigenvalue weighted by atomic mass is 9.98. The van der Waals surface area contributed by atoms with Crippen molar-refractivity contribution in [3.8, 4) is 0 Å². The Labute approximate surface area is 123 Å². The van der Waals surface area contributed by atoms with Crippen molar-refractivity contribution in [2.75, 3.05) is 26.8 Å². The first-order chi connectivity index (χ1) is 10.2. The van der Waals surface area contributed by atoms with E-state index in [1.165, 1.54) is 0 Å². The molecule has 1 aliphatic heterocycles. The highest BCUT2D eigenvalue weighted by molar-refractivity contribution is 5.96. The summed E-state index contributed by atoms with van der Waals surface area (Å²) in [7, 11) is 1.68. The Bertz CT molecular complexity index is 596. The Kier molecular flexibility index (Phi) is 3.94. The van der Waals surface area contributed by atoms with Crippen molar-refractivity contribution in [2.24, 2.45) is 0 Å². The van der Waals surface area contributed by atoms with Crippen LogP contribution in [-0.4, -0.2) is 38.3 Å². The van der Waals surface area contributed by atoms with E-state index in [0.717, 1.165) is 30.4 Å². The molecular formula is C16H20N2O3. The molecule has 3 rings (SSSR count). The van der Waals surface area contributed by atoms with Gasteiger partial charge in [0.15, 0.2) is 5.76 Å². The second-order valence-corrected chi connectivity index (χ2v) is 5.57. The molecule has 112 valence electrons. The molecule has 0 bridgehead atoms. The molecule has 0 aliphatic carbocycles. The van der Waals surface area contributed by atoms with Gasteiger partial charge in [0, 0.05) is 19.0 Å². The highest BCUT2D eigenvalue weighted by atomic mass is 16.5. The van der Waals surface area contributed by atoms with Crippen LogP contribution in [0.2, 0.25) is 0 Å². The average Bonchev–Trinajstić information content (AvgIpc) is 3.12. The van der Waals surface area contributed by atoms with Crippen LogP contribution in [-0.2, 0) is 4.74 Å². The molecular weight excluding hydrogens is 268 g/mol. The van der Waals surface area contributed by atoms with E-state index in [-0.39, 0.29) is 11.4 Å². The summed E-state index contributed by atoms with van der Waals surface area (Å²) in [5, 5.41) is 7.32. The number of amides is 1. The first-order valence-electron chi connectivity index (χ1n) is 7.23. The molecule has 5 nitrogen and oxygen atoms in total. The lowest BCUT2D eigenvalue weighted by Gasteiger charge is -2.28. The molecule has 1 amide bonds. The number of furan rings is 1.